The highest BCUT2D eigenvalue weighted by molar-refractivity contribution is 6.33. The van der Waals surface area contributed by atoms with Crippen molar-refractivity contribution in [2.24, 2.45) is 5.73 Å². The number of benzene rings is 2. The molecule has 2 amide bonds. The molecule has 2 unspecified atom stereocenters. The summed E-state index contributed by atoms with van der Waals surface area (Å²) >= 11 is 12.7. The first kappa shape index (κ1) is 25.9. The fourth-order valence-electron chi connectivity index (χ4n) is 4.24. The molecule has 1 fully saturated rings. The number of nitrogens with two attached hydrogens (primary N) is 1. The van der Waals surface area contributed by atoms with E-state index in [1.165, 1.54) is 6.33 Å². The molecule has 11 nitrogen and oxygen atoms in total. The Labute approximate surface area is 227 Å². The molecule has 1 aliphatic rings. The summed E-state index contributed by atoms with van der Waals surface area (Å²) in [4.78, 5) is 40.0. The predicted octanol–water partition coefficient (Wildman–Crippen LogP) is 1.96. The van der Waals surface area contributed by atoms with Crippen molar-refractivity contribution in [2.75, 3.05) is 31.2 Å². The molecule has 2 atom stereocenters. The molecule has 4 aromatic rings. The van der Waals surface area contributed by atoms with Gasteiger partial charge in [0.1, 0.15) is 18.2 Å². The summed E-state index contributed by atoms with van der Waals surface area (Å²) in [5.74, 6) is -0.345. The van der Waals surface area contributed by atoms with Crippen LogP contribution in [0.4, 0.5) is 5.82 Å². The van der Waals surface area contributed by atoms with Crippen LogP contribution in [-0.4, -0.2) is 74.9 Å². The van der Waals surface area contributed by atoms with Gasteiger partial charge in [-0.3, -0.25) is 14.2 Å². The molecule has 196 valence electrons. The SMILES string of the molecule is NC(=O)C(CO)NC(=O)C1CN(c2ncnc3c2nc(-c2ccccc2Cl)n3-c2ccc(Cl)cc2)CCO1. The quantitative estimate of drug-likeness (QED) is 0.313. The average Bonchev–Trinajstić information content (AvgIpc) is 3.31. The number of primary amides is 1. The maximum Gasteiger partial charge on any atom is 0.251 e. The lowest BCUT2D eigenvalue weighted by Gasteiger charge is -2.33. The second-order valence-corrected chi connectivity index (χ2v) is 9.39. The highest BCUT2D eigenvalue weighted by Crippen LogP contribution is 2.35. The molecule has 2 aromatic carbocycles. The van der Waals surface area contributed by atoms with E-state index in [9.17, 15) is 14.7 Å². The van der Waals surface area contributed by atoms with E-state index in [0.29, 0.717) is 45.0 Å². The molecule has 3 heterocycles. The number of anilines is 1. The van der Waals surface area contributed by atoms with Gasteiger partial charge in [-0.15, -0.1) is 0 Å². The van der Waals surface area contributed by atoms with Gasteiger partial charge in [-0.25, -0.2) is 15.0 Å². The Bertz CT molecular complexity index is 1500. The molecule has 1 aliphatic heterocycles. The number of carbonyl (C=O) groups is 2. The molecule has 0 radical (unpaired) electrons. The molecule has 38 heavy (non-hydrogen) atoms. The highest BCUT2D eigenvalue weighted by atomic mass is 35.5. The van der Waals surface area contributed by atoms with Gasteiger partial charge in [-0.05, 0) is 36.4 Å². The van der Waals surface area contributed by atoms with Gasteiger partial charge in [0.2, 0.25) is 5.91 Å². The van der Waals surface area contributed by atoms with Crippen LogP contribution < -0.4 is 16.0 Å². The van der Waals surface area contributed by atoms with Gasteiger partial charge in [0.15, 0.2) is 23.1 Å². The van der Waals surface area contributed by atoms with Crippen LogP contribution in [0.2, 0.25) is 10.0 Å². The highest BCUT2D eigenvalue weighted by Gasteiger charge is 2.32. The number of fused-ring (bicyclic) bond motifs is 1. The number of aliphatic hydroxyl groups is 1. The number of aromatic nitrogens is 4. The number of morpholine rings is 1. The summed E-state index contributed by atoms with van der Waals surface area (Å²) in [6.07, 6.45) is 0.505. The van der Waals surface area contributed by atoms with Crippen molar-refractivity contribution in [3.63, 3.8) is 0 Å². The minimum Gasteiger partial charge on any atom is -0.394 e. The van der Waals surface area contributed by atoms with Crippen molar-refractivity contribution in [3.8, 4) is 17.1 Å². The lowest BCUT2D eigenvalue weighted by atomic mass is 10.2. The lowest BCUT2D eigenvalue weighted by Crippen LogP contribution is -2.55. The van der Waals surface area contributed by atoms with E-state index < -0.39 is 30.6 Å². The first-order valence-electron chi connectivity index (χ1n) is 11.7. The third-order valence-electron chi connectivity index (χ3n) is 6.13. The average molecular weight is 556 g/mol. The van der Waals surface area contributed by atoms with Gasteiger partial charge in [0.25, 0.3) is 5.91 Å². The molecule has 13 heteroatoms. The first-order chi connectivity index (χ1) is 18.4. The number of aliphatic hydroxyl groups excluding tert-OH is 1. The summed E-state index contributed by atoms with van der Waals surface area (Å²) in [6.45, 7) is 0.171. The largest absolute Gasteiger partial charge is 0.394 e. The summed E-state index contributed by atoms with van der Waals surface area (Å²) in [5, 5.41) is 12.9. The number of hydrogen-bond acceptors (Lipinski definition) is 8. The topological polar surface area (TPSA) is 148 Å². The minimum absolute atomic E-state index is 0.129. The van der Waals surface area contributed by atoms with E-state index in [2.05, 4.69) is 15.3 Å². The molecule has 1 saturated heterocycles. The molecule has 0 saturated carbocycles. The van der Waals surface area contributed by atoms with Gasteiger partial charge in [0.05, 0.1) is 24.8 Å². The number of amides is 2. The fourth-order valence-corrected chi connectivity index (χ4v) is 4.59. The van der Waals surface area contributed by atoms with Crippen LogP contribution in [0.25, 0.3) is 28.2 Å². The van der Waals surface area contributed by atoms with Crippen LogP contribution in [0.1, 0.15) is 0 Å². The van der Waals surface area contributed by atoms with Crippen LogP contribution in [0.15, 0.2) is 54.9 Å². The van der Waals surface area contributed by atoms with E-state index in [0.717, 1.165) is 5.69 Å². The van der Waals surface area contributed by atoms with Gasteiger partial charge < -0.3 is 25.8 Å². The molecular weight excluding hydrogens is 533 g/mol. The van der Waals surface area contributed by atoms with Crippen LogP contribution in [-0.2, 0) is 14.3 Å². The molecule has 2 aromatic heterocycles. The van der Waals surface area contributed by atoms with Crippen LogP contribution in [0, 0.1) is 0 Å². The van der Waals surface area contributed by atoms with E-state index in [1.807, 2.05) is 39.8 Å². The summed E-state index contributed by atoms with van der Waals surface area (Å²) in [5.41, 5.74) is 7.74. The number of halogens is 2. The van der Waals surface area contributed by atoms with E-state index >= 15 is 0 Å². The van der Waals surface area contributed by atoms with E-state index in [-0.39, 0.29) is 13.2 Å². The zero-order chi connectivity index (χ0) is 26.8. The molecule has 5 rings (SSSR count). The van der Waals surface area contributed by atoms with Crippen molar-refractivity contribution < 1.29 is 19.4 Å². The van der Waals surface area contributed by atoms with Crippen LogP contribution in [0.5, 0.6) is 0 Å². The van der Waals surface area contributed by atoms with Crippen molar-refractivity contribution in [1.29, 1.82) is 0 Å². The van der Waals surface area contributed by atoms with Gasteiger partial charge >= 0.3 is 0 Å². The van der Waals surface area contributed by atoms with Gasteiger partial charge in [0, 0.05) is 22.8 Å². The van der Waals surface area contributed by atoms with E-state index in [4.69, 9.17) is 38.7 Å². The fraction of sp³-hybridized carbons (Fsp3) is 0.240. The summed E-state index contributed by atoms with van der Waals surface area (Å²) in [6, 6.07) is 13.4. The van der Waals surface area contributed by atoms with Gasteiger partial charge in [-0.2, -0.15) is 0 Å². The molecule has 0 bridgehead atoms. The maximum absolute atomic E-state index is 12.7. The third kappa shape index (κ3) is 5.01. The lowest BCUT2D eigenvalue weighted by molar-refractivity contribution is -0.137. The Balaban J connectivity index is 1.57. The Kier molecular flexibility index (Phi) is 7.43. The number of carbonyl (C=O) groups excluding carboxylic acids is 2. The Morgan fingerprint density at radius 1 is 1.16 bits per heavy atom. The third-order valence-corrected chi connectivity index (χ3v) is 6.71. The zero-order valence-electron chi connectivity index (χ0n) is 19.9. The summed E-state index contributed by atoms with van der Waals surface area (Å²) in [7, 11) is 0. The van der Waals surface area contributed by atoms with Crippen molar-refractivity contribution >= 4 is 52.0 Å². The van der Waals surface area contributed by atoms with Crippen molar-refractivity contribution in [3.05, 3.63) is 64.9 Å². The smallest absolute Gasteiger partial charge is 0.251 e. The Morgan fingerprint density at radius 2 is 1.92 bits per heavy atom. The normalized spacial score (nSPS) is 16.4. The summed E-state index contributed by atoms with van der Waals surface area (Å²) < 4.78 is 7.51. The van der Waals surface area contributed by atoms with Crippen molar-refractivity contribution in [1.82, 2.24) is 24.8 Å². The second-order valence-electron chi connectivity index (χ2n) is 8.55. The zero-order valence-corrected chi connectivity index (χ0v) is 21.4. The Morgan fingerprint density at radius 3 is 2.63 bits per heavy atom. The standard InChI is InChI=1S/C25H23Cl2N7O4/c26-14-5-7-15(8-6-14)34-22(16-3-1-2-4-17(16)27)32-20-23(29-13-30-24(20)34)33-9-10-38-19(11-33)25(37)31-18(12-35)21(28)36/h1-8,13,18-19,35H,9-12H2,(H2,28,36)(H,31,37). The van der Waals surface area contributed by atoms with Crippen LogP contribution >= 0.6 is 23.2 Å². The molecule has 4 N–H and O–H groups in total. The maximum atomic E-state index is 12.7. The van der Waals surface area contributed by atoms with Gasteiger partial charge in [-0.1, -0.05) is 35.3 Å². The second kappa shape index (κ2) is 10.9. The monoisotopic (exact) mass is 555 g/mol. The van der Waals surface area contributed by atoms with E-state index in [1.54, 1.807) is 18.2 Å². The number of nitrogens with one attached hydrogen (secondary N) is 1. The molecule has 0 aliphatic carbocycles. The number of imidazole rings is 1. The molecule has 0 spiro atoms. The van der Waals surface area contributed by atoms with Crippen molar-refractivity contribution in [2.45, 2.75) is 12.1 Å². The number of nitrogens with zero attached hydrogens (tertiary/aromatic N) is 5. The molecular formula is C25H23Cl2N7O4. The Hall–Kier alpha value is -3.77. The number of ether oxygens (including phenoxy) is 1. The minimum atomic E-state index is -1.21. The van der Waals surface area contributed by atoms with Crippen LogP contribution in [0.3, 0.4) is 0 Å². The predicted molar refractivity (Wildman–Crippen MR) is 142 cm³/mol. The number of rotatable bonds is 7. The number of hydrogen-bond donors (Lipinski definition) is 3. The first-order valence-corrected chi connectivity index (χ1v) is 12.4.